The van der Waals surface area contributed by atoms with Crippen molar-refractivity contribution in [3.8, 4) is 0 Å². The van der Waals surface area contributed by atoms with Crippen molar-refractivity contribution in [1.29, 1.82) is 0 Å². The van der Waals surface area contributed by atoms with Gasteiger partial charge in [-0.2, -0.15) is 0 Å². The molecule has 6 nitrogen and oxygen atoms in total. The standard InChI is InChI=1S/C8H7N.C7H6N2.C6H5N3.3C4H10/c1-2-6-9-7-3-5-8(9)4-1;1-2-5-9-6-4-8-7(9)3-1;1-2-7-6-8-3-5-9(6)4-1;3*1-4(2)3/h1-7H;1-6H;1-5H;3*4H,1-3H3. The van der Waals surface area contributed by atoms with E-state index in [4.69, 9.17) is 0 Å². The van der Waals surface area contributed by atoms with E-state index in [0.717, 1.165) is 29.2 Å². The third-order valence-corrected chi connectivity index (χ3v) is 3.91. The van der Waals surface area contributed by atoms with Crippen molar-refractivity contribution in [3.05, 3.63) is 110 Å². The molecule has 0 unspecified atom stereocenters. The van der Waals surface area contributed by atoms with Crippen LogP contribution in [0.5, 0.6) is 0 Å². The molecule has 0 saturated heterocycles. The monoisotopic (exact) mass is 528 g/mol. The maximum Gasteiger partial charge on any atom is 0.233 e. The molecule has 0 amide bonds. The van der Waals surface area contributed by atoms with Gasteiger partial charge >= 0.3 is 0 Å². The number of nitrogens with zero attached hydrogens (tertiary/aromatic N) is 6. The van der Waals surface area contributed by atoms with E-state index in [1.165, 1.54) is 5.52 Å². The Kier molecular flexibility index (Phi) is 16.3. The van der Waals surface area contributed by atoms with Gasteiger partial charge in [0.05, 0.1) is 0 Å². The summed E-state index contributed by atoms with van der Waals surface area (Å²) in [6.07, 6.45) is 17.0. The zero-order valence-corrected chi connectivity index (χ0v) is 25.3. The average Bonchev–Trinajstić information content (AvgIpc) is 3.64. The van der Waals surface area contributed by atoms with Gasteiger partial charge in [-0.1, -0.05) is 74.4 Å². The van der Waals surface area contributed by atoms with E-state index < -0.39 is 0 Å². The molecule has 0 N–H and O–H groups in total. The topological polar surface area (TPSA) is 51.9 Å². The molecule has 0 aliphatic rings. The van der Waals surface area contributed by atoms with Gasteiger partial charge in [-0.15, -0.1) is 0 Å². The Labute approximate surface area is 235 Å². The largest absolute Gasteiger partial charge is 0.324 e. The normalized spacial score (nSPS) is 9.85. The molecule has 210 valence electrons. The smallest absolute Gasteiger partial charge is 0.233 e. The lowest BCUT2D eigenvalue weighted by atomic mass is 10.3. The van der Waals surface area contributed by atoms with Crippen molar-refractivity contribution >= 4 is 16.9 Å². The number of rotatable bonds is 0. The van der Waals surface area contributed by atoms with Crippen LogP contribution in [-0.4, -0.2) is 28.2 Å². The van der Waals surface area contributed by atoms with E-state index in [9.17, 15) is 0 Å². The van der Waals surface area contributed by atoms with Crippen LogP contribution in [0.15, 0.2) is 110 Å². The molecule has 0 fully saturated rings. The summed E-state index contributed by atoms with van der Waals surface area (Å²) in [6, 6.07) is 18.1. The number of hydrogen-bond acceptors (Lipinski definition) is 3. The summed E-state index contributed by atoms with van der Waals surface area (Å²) in [4.78, 5) is 12.0. The van der Waals surface area contributed by atoms with Crippen LogP contribution in [0, 0.1) is 17.8 Å². The van der Waals surface area contributed by atoms with E-state index in [-0.39, 0.29) is 0 Å². The Morgan fingerprint density at radius 3 is 1.49 bits per heavy atom. The number of aromatic nitrogens is 6. The fraction of sp³-hybridized carbons (Fsp3) is 0.364. The molecule has 0 saturated carbocycles. The summed E-state index contributed by atoms with van der Waals surface area (Å²) in [5, 5.41) is 0. The molecular weight excluding hydrogens is 480 g/mol. The quantitative estimate of drug-likeness (QED) is 0.198. The second-order valence-electron chi connectivity index (χ2n) is 10.9. The fourth-order valence-corrected chi connectivity index (χ4v) is 2.61. The van der Waals surface area contributed by atoms with E-state index in [1.807, 2.05) is 88.4 Å². The highest BCUT2D eigenvalue weighted by molar-refractivity contribution is 5.46. The van der Waals surface area contributed by atoms with Gasteiger partial charge in [0, 0.05) is 61.3 Å². The predicted octanol–water partition coefficient (Wildman–Crippen LogP) is 8.99. The van der Waals surface area contributed by atoms with Gasteiger partial charge < -0.3 is 8.80 Å². The summed E-state index contributed by atoms with van der Waals surface area (Å²) in [5.41, 5.74) is 2.25. The molecule has 0 radical (unpaired) electrons. The van der Waals surface area contributed by atoms with Crippen LogP contribution in [-0.2, 0) is 0 Å². The van der Waals surface area contributed by atoms with Crippen molar-refractivity contribution in [2.75, 3.05) is 0 Å². The predicted molar refractivity (Wildman–Crippen MR) is 167 cm³/mol. The lowest BCUT2D eigenvalue weighted by molar-refractivity contribution is 0.736. The molecule has 0 atom stereocenters. The van der Waals surface area contributed by atoms with Crippen LogP contribution in [0.4, 0.5) is 0 Å². The molecular formula is C33H48N6. The fourth-order valence-electron chi connectivity index (χ4n) is 2.61. The van der Waals surface area contributed by atoms with E-state index in [0.29, 0.717) is 0 Å². The number of imidazole rings is 2. The number of fused-ring (bicyclic) bond motifs is 3. The van der Waals surface area contributed by atoms with E-state index in [1.54, 1.807) is 18.6 Å². The van der Waals surface area contributed by atoms with Crippen molar-refractivity contribution in [3.63, 3.8) is 0 Å². The first-order valence-electron chi connectivity index (χ1n) is 13.7. The molecule has 39 heavy (non-hydrogen) atoms. The molecule has 0 bridgehead atoms. The summed E-state index contributed by atoms with van der Waals surface area (Å²) < 4.78 is 5.92. The first-order chi connectivity index (χ1) is 18.6. The van der Waals surface area contributed by atoms with Crippen LogP contribution >= 0.6 is 0 Å². The van der Waals surface area contributed by atoms with Crippen molar-refractivity contribution in [1.82, 2.24) is 28.2 Å². The minimum Gasteiger partial charge on any atom is -0.324 e. The number of hydrogen-bond donors (Lipinski definition) is 0. The Hall–Kier alpha value is -3.93. The van der Waals surface area contributed by atoms with Gasteiger partial charge in [0.2, 0.25) is 5.78 Å². The first-order valence-corrected chi connectivity index (χ1v) is 13.7. The lowest BCUT2D eigenvalue weighted by Gasteiger charge is -1.88. The molecule has 6 aromatic heterocycles. The average molecular weight is 529 g/mol. The maximum atomic E-state index is 4.08. The van der Waals surface area contributed by atoms with Gasteiger partial charge in [-0.25, -0.2) is 15.0 Å². The van der Waals surface area contributed by atoms with Crippen molar-refractivity contribution in [2.24, 2.45) is 17.8 Å². The second-order valence-corrected chi connectivity index (χ2v) is 10.9. The number of pyridine rings is 2. The molecule has 0 aromatic carbocycles. The van der Waals surface area contributed by atoms with Crippen LogP contribution < -0.4 is 0 Å². The highest BCUT2D eigenvalue weighted by Gasteiger charge is 1.87. The van der Waals surface area contributed by atoms with Crippen LogP contribution in [0.3, 0.4) is 0 Å². The van der Waals surface area contributed by atoms with E-state index in [2.05, 4.69) is 93.8 Å². The highest BCUT2D eigenvalue weighted by atomic mass is 15.1. The van der Waals surface area contributed by atoms with Gasteiger partial charge in [0.1, 0.15) is 5.65 Å². The highest BCUT2D eigenvalue weighted by Crippen LogP contribution is 2.01. The third-order valence-electron chi connectivity index (χ3n) is 3.91. The SMILES string of the molecule is CC(C)C.CC(C)C.CC(C)C.c1ccn2cccc2c1.c1ccn2ccnc2c1.c1cnc2nccn2c1. The first kappa shape index (κ1) is 33.1. The molecule has 0 aliphatic heterocycles. The third kappa shape index (κ3) is 15.8. The van der Waals surface area contributed by atoms with Gasteiger partial charge in [0.15, 0.2) is 0 Å². The second kappa shape index (κ2) is 19.2. The Balaban J connectivity index is 0.000000245. The van der Waals surface area contributed by atoms with Crippen LogP contribution in [0.1, 0.15) is 62.3 Å². The zero-order chi connectivity index (χ0) is 29.0. The van der Waals surface area contributed by atoms with Crippen molar-refractivity contribution in [2.45, 2.75) is 62.3 Å². The minimum atomic E-state index is 0.748. The summed E-state index contributed by atoms with van der Waals surface area (Å²) >= 11 is 0. The molecule has 6 rings (SSSR count). The van der Waals surface area contributed by atoms with Crippen molar-refractivity contribution < 1.29 is 0 Å². The Morgan fingerprint density at radius 1 is 0.436 bits per heavy atom. The Morgan fingerprint density at radius 2 is 0.897 bits per heavy atom. The summed E-state index contributed by atoms with van der Waals surface area (Å²) in [7, 11) is 0. The summed E-state index contributed by atoms with van der Waals surface area (Å²) in [6.45, 7) is 19.5. The Bertz CT molecular complexity index is 1120. The van der Waals surface area contributed by atoms with Crippen LogP contribution in [0.25, 0.3) is 16.9 Å². The molecule has 6 heteroatoms. The zero-order valence-electron chi connectivity index (χ0n) is 25.3. The van der Waals surface area contributed by atoms with Gasteiger partial charge in [-0.05, 0) is 60.2 Å². The van der Waals surface area contributed by atoms with Gasteiger partial charge in [-0.3, -0.25) is 4.40 Å². The van der Waals surface area contributed by atoms with E-state index >= 15 is 0 Å². The molecule has 0 spiro atoms. The molecule has 6 heterocycles. The lowest BCUT2D eigenvalue weighted by Crippen LogP contribution is -1.82. The maximum absolute atomic E-state index is 4.08. The van der Waals surface area contributed by atoms with Crippen LogP contribution in [0.2, 0.25) is 0 Å². The minimum absolute atomic E-state index is 0.748. The molecule has 6 aromatic rings. The molecule has 0 aliphatic carbocycles. The summed E-state index contributed by atoms with van der Waals surface area (Å²) in [5.74, 6) is 3.25. The van der Waals surface area contributed by atoms with Gasteiger partial charge in [0.25, 0.3) is 0 Å².